The predicted octanol–water partition coefficient (Wildman–Crippen LogP) is 15.6. The largest absolute Gasteiger partial charge is 0.462 e. The molecule has 0 radical (unpaired) electrons. The lowest BCUT2D eigenvalue weighted by molar-refractivity contribution is -0.167. The third-order valence-corrected chi connectivity index (χ3v) is 11.5. The molecule has 0 aromatic carbocycles. The van der Waals surface area contributed by atoms with Crippen molar-refractivity contribution in [3.63, 3.8) is 0 Å². The Bertz CT molecular complexity index is 870. The molecule has 6 heteroatoms. The second kappa shape index (κ2) is 41.6. The number of carbonyl (C=O) groups excluding carboxylic acids is 3. The van der Waals surface area contributed by atoms with Crippen molar-refractivity contribution in [3.8, 4) is 0 Å². The molecule has 0 fully saturated rings. The molecule has 6 nitrogen and oxygen atoms in total. The fraction of sp³-hybridized carbons (Fsp3) is 0.940. The number of hydrogen-bond donors (Lipinski definition) is 0. The number of ether oxygens (including phenoxy) is 3. The van der Waals surface area contributed by atoms with Gasteiger partial charge >= 0.3 is 17.9 Å². The van der Waals surface area contributed by atoms with Crippen LogP contribution in [0.2, 0.25) is 0 Å². The van der Waals surface area contributed by atoms with Crippen LogP contribution < -0.4 is 0 Å². The summed E-state index contributed by atoms with van der Waals surface area (Å²) in [6, 6.07) is 0. The zero-order valence-electron chi connectivity index (χ0n) is 38.4. The van der Waals surface area contributed by atoms with Gasteiger partial charge in [0.2, 0.25) is 0 Å². The molecule has 0 aliphatic carbocycles. The van der Waals surface area contributed by atoms with E-state index in [2.05, 4.69) is 41.5 Å². The molecule has 0 bridgehead atoms. The first-order valence-corrected chi connectivity index (χ1v) is 24.6. The molecule has 0 heterocycles. The first kappa shape index (κ1) is 54.4. The maximum Gasteiger partial charge on any atom is 0.306 e. The van der Waals surface area contributed by atoms with Crippen LogP contribution in [-0.4, -0.2) is 37.2 Å². The third-order valence-electron chi connectivity index (χ3n) is 11.5. The highest BCUT2D eigenvalue weighted by atomic mass is 16.6. The quantitative estimate of drug-likeness (QED) is 0.0348. The molecule has 2 atom stereocenters. The van der Waals surface area contributed by atoms with Crippen LogP contribution in [0, 0.1) is 17.8 Å². The number of carbonyl (C=O) groups is 3. The average Bonchev–Trinajstić information content (AvgIpc) is 3.16. The van der Waals surface area contributed by atoms with E-state index in [1.54, 1.807) is 0 Å². The second-order valence-electron chi connectivity index (χ2n) is 18.3. The van der Waals surface area contributed by atoms with E-state index >= 15 is 0 Å². The summed E-state index contributed by atoms with van der Waals surface area (Å²) in [6.45, 7) is 13.7. The molecule has 0 saturated carbocycles. The average molecular weight is 793 g/mol. The summed E-state index contributed by atoms with van der Waals surface area (Å²) in [6.07, 6.45) is 39.5. The fourth-order valence-electron chi connectivity index (χ4n) is 7.38. The van der Waals surface area contributed by atoms with E-state index in [1.165, 1.54) is 148 Å². The zero-order valence-corrected chi connectivity index (χ0v) is 38.4. The maximum absolute atomic E-state index is 12.7. The van der Waals surface area contributed by atoms with Crippen LogP contribution in [0.1, 0.15) is 266 Å². The summed E-state index contributed by atoms with van der Waals surface area (Å²) >= 11 is 0. The van der Waals surface area contributed by atoms with Gasteiger partial charge in [0.25, 0.3) is 0 Å². The number of esters is 3. The summed E-state index contributed by atoms with van der Waals surface area (Å²) in [7, 11) is 0. The lowest BCUT2D eigenvalue weighted by Gasteiger charge is -2.18. The van der Waals surface area contributed by atoms with Gasteiger partial charge in [-0.25, -0.2) is 0 Å². The van der Waals surface area contributed by atoms with E-state index in [1.807, 2.05) is 0 Å². The van der Waals surface area contributed by atoms with Gasteiger partial charge in [-0.05, 0) is 37.0 Å². The molecule has 0 N–H and O–H groups in total. The molecule has 0 aromatic heterocycles. The van der Waals surface area contributed by atoms with Crippen molar-refractivity contribution in [2.45, 2.75) is 272 Å². The van der Waals surface area contributed by atoms with E-state index in [-0.39, 0.29) is 31.1 Å². The van der Waals surface area contributed by atoms with Gasteiger partial charge in [-0.2, -0.15) is 0 Å². The Labute approximate surface area is 348 Å². The van der Waals surface area contributed by atoms with Crippen LogP contribution in [0.3, 0.4) is 0 Å². The molecular weight excluding hydrogens is 697 g/mol. The van der Waals surface area contributed by atoms with Gasteiger partial charge < -0.3 is 14.2 Å². The van der Waals surface area contributed by atoms with Crippen molar-refractivity contribution in [1.82, 2.24) is 0 Å². The zero-order chi connectivity index (χ0) is 41.3. The van der Waals surface area contributed by atoms with Crippen LogP contribution in [0.4, 0.5) is 0 Å². The van der Waals surface area contributed by atoms with Crippen molar-refractivity contribution in [3.05, 3.63) is 0 Å². The maximum atomic E-state index is 12.7. The molecule has 1 unspecified atom stereocenters. The molecule has 0 aliphatic heterocycles. The molecule has 56 heavy (non-hydrogen) atoms. The van der Waals surface area contributed by atoms with Crippen LogP contribution in [0.5, 0.6) is 0 Å². The van der Waals surface area contributed by atoms with Gasteiger partial charge in [-0.1, -0.05) is 228 Å². The summed E-state index contributed by atoms with van der Waals surface area (Å²) in [5, 5.41) is 0. The van der Waals surface area contributed by atoms with E-state index < -0.39 is 6.10 Å². The Balaban J connectivity index is 4.31. The molecule has 0 amide bonds. The Morgan fingerprint density at radius 3 is 0.929 bits per heavy atom. The predicted molar refractivity (Wildman–Crippen MR) is 238 cm³/mol. The van der Waals surface area contributed by atoms with Gasteiger partial charge in [-0.3, -0.25) is 14.4 Å². The Morgan fingerprint density at radius 1 is 0.357 bits per heavy atom. The second-order valence-corrected chi connectivity index (χ2v) is 18.3. The highest BCUT2D eigenvalue weighted by Crippen LogP contribution is 2.18. The lowest BCUT2D eigenvalue weighted by atomic mass is 10.00. The molecule has 0 aliphatic rings. The minimum absolute atomic E-state index is 0.0660. The monoisotopic (exact) mass is 793 g/mol. The summed E-state index contributed by atoms with van der Waals surface area (Å²) in [4.78, 5) is 37.8. The summed E-state index contributed by atoms with van der Waals surface area (Å²) < 4.78 is 16.8. The van der Waals surface area contributed by atoms with Gasteiger partial charge in [0.05, 0.1) is 0 Å². The standard InChI is InChI=1S/C50H96O6/c1-7-46(6)38-32-26-22-23-29-35-41-50(53)56-47(43-55-49(52)40-34-28-21-17-13-12-15-19-25-31-37-45(4)5)42-54-48(51)39-33-27-20-16-11-9-8-10-14-18-24-30-36-44(2)3/h44-47H,7-43H2,1-6H3/t46?,47-/m0/s1. The van der Waals surface area contributed by atoms with Crippen molar-refractivity contribution in [1.29, 1.82) is 0 Å². The first-order valence-electron chi connectivity index (χ1n) is 24.6. The van der Waals surface area contributed by atoms with Crippen molar-refractivity contribution < 1.29 is 28.6 Å². The Kier molecular flexibility index (Phi) is 40.4. The number of rotatable bonds is 43. The fourth-order valence-corrected chi connectivity index (χ4v) is 7.38. The number of unbranched alkanes of at least 4 members (excludes halogenated alkanes) is 25. The van der Waals surface area contributed by atoms with Crippen molar-refractivity contribution in [2.75, 3.05) is 13.2 Å². The number of hydrogen-bond acceptors (Lipinski definition) is 6. The smallest absolute Gasteiger partial charge is 0.306 e. The summed E-state index contributed by atoms with van der Waals surface area (Å²) in [5.41, 5.74) is 0. The highest BCUT2D eigenvalue weighted by molar-refractivity contribution is 5.71. The normalized spacial score (nSPS) is 12.6. The SMILES string of the molecule is CCC(C)CCCCCCCCC(=O)O[C@@H](COC(=O)CCCCCCCCCCCCCCC(C)C)COC(=O)CCCCCCCCCCCCC(C)C. The minimum Gasteiger partial charge on any atom is -0.462 e. The van der Waals surface area contributed by atoms with Crippen molar-refractivity contribution in [2.24, 2.45) is 17.8 Å². The molecule has 0 aromatic rings. The van der Waals surface area contributed by atoms with E-state index in [9.17, 15) is 14.4 Å². The van der Waals surface area contributed by atoms with Crippen LogP contribution in [-0.2, 0) is 28.6 Å². The van der Waals surface area contributed by atoms with Crippen molar-refractivity contribution >= 4 is 17.9 Å². The van der Waals surface area contributed by atoms with E-state index in [4.69, 9.17) is 14.2 Å². The molecule has 332 valence electrons. The highest BCUT2D eigenvalue weighted by Gasteiger charge is 2.19. The van der Waals surface area contributed by atoms with Gasteiger partial charge in [0.15, 0.2) is 6.10 Å². The van der Waals surface area contributed by atoms with E-state index in [0.717, 1.165) is 75.5 Å². The van der Waals surface area contributed by atoms with Crippen LogP contribution in [0.15, 0.2) is 0 Å². The van der Waals surface area contributed by atoms with E-state index in [0.29, 0.717) is 19.3 Å². The third kappa shape index (κ3) is 42.0. The van der Waals surface area contributed by atoms with Crippen LogP contribution in [0.25, 0.3) is 0 Å². The first-order chi connectivity index (χ1) is 27.1. The van der Waals surface area contributed by atoms with Crippen LogP contribution >= 0.6 is 0 Å². The molecular formula is C50H96O6. The van der Waals surface area contributed by atoms with Gasteiger partial charge in [0.1, 0.15) is 13.2 Å². The topological polar surface area (TPSA) is 78.9 Å². The Hall–Kier alpha value is -1.59. The minimum atomic E-state index is -0.763. The van der Waals surface area contributed by atoms with Gasteiger partial charge in [-0.15, -0.1) is 0 Å². The molecule has 0 spiro atoms. The molecule has 0 rings (SSSR count). The Morgan fingerprint density at radius 2 is 0.625 bits per heavy atom. The summed E-state index contributed by atoms with van der Waals surface area (Å²) in [5.74, 6) is 1.60. The molecule has 0 saturated heterocycles. The van der Waals surface area contributed by atoms with Gasteiger partial charge in [0, 0.05) is 19.3 Å². The lowest BCUT2D eigenvalue weighted by Crippen LogP contribution is -2.30.